The van der Waals surface area contributed by atoms with Crippen molar-refractivity contribution in [3.8, 4) is 0 Å². The normalized spacial score (nSPS) is 4.50. The summed E-state index contributed by atoms with van der Waals surface area (Å²) in [7, 11) is 0. The monoisotopic (exact) mass is 212 g/mol. The Kier molecular flexibility index (Phi) is 19.9. The van der Waals surface area contributed by atoms with Gasteiger partial charge in [0.25, 0.3) is 0 Å². The first-order valence-corrected chi connectivity index (χ1v) is 1.21. The molecule has 0 fully saturated rings. The van der Waals surface area contributed by atoms with Gasteiger partial charge in [0.1, 0.15) is 0 Å². The van der Waals surface area contributed by atoms with Crippen LogP contribution in [-0.4, -0.2) is 0 Å². The molecule has 0 aliphatic carbocycles. The van der Waals surface area contributed by atoms with Gasteiger partial charge in [0.05, 0.1) is 0 Å². The van der Waals surface area contributed by atoms with Crippen molar-refractivity contribution in [3.63, 3.8) is 0 Å². The average molecular weight is 212 g/mol. The zero-order valence-corrected chi connectivity index (χ0v) is 4.47. The van der Waals surface area contributed by atoms with Crippen LogP contribution in [0.3, 0.4) is 0 Å². The molecular weight excluding hydrogens is 205 g/mol. The van der Waals surface area contributed by atoms with Crippen LogP contribution in [0, 0.1) is 43.8 Å². The fraction of sp³-hybridized carbons (Fsp3) is 0.667. The minimum atomic E-state index is 0. The molecule has 0 atom stereocenters. The molecule has 0 saturated carbocycles. The summed E-state index contributed by atoms with van der Waals surface area (Å²) in [5.41, 5.74) is 0. The minimum Gasteiger partial charge on any atom is -0.344 e. The van der Waals surface area contributed by atoms with Crippen LogP contribution in [0.25, 0.3) is 0 Å². The third kappa shape index (κ3) is 10.6. The zero-order valence-electron chi connectivity index (χ0n) is 2.69. The van der Waals surface area contributed by atoms with Gasteiger partial charge in [-0.3, -0.25) is 0 Å². The average Bonchev–Trinajstić information content (AvgIpc) is 0.918. The van der Waals surface area contributed by atoms with Gasteiger partial charge in [-0.2, -0.15) is 6.42 Å². The van der Waals surface area contributed by atoms with Gasteiger partial charge in [-0.25, -0.2) is 0 Å². The van der Waals surface area contributed by atoms with Crippen LogP contribution in [-0.2, 0) is 0 Å². The molecular formula is C3H7Tm-. The molecule has 0 aliphatic rings. The Bertz CT molecular complexity index is 3.25. The van der Waals surface area contributed by atoms with Crippen LogP contribution >= 0.6 is 0 Å². The molecule has 0 N–H and O–H groups in total. The summed E-state index contributed by atoms with van der Waals surface area (Å²) in [4.78, 5) is 0. The molecule has 0 saturated heterocycles. The molecule has 0 amide bonds. The molecule has 1 heteroatoms. The quantitative estimate of drug-likeness (QED) is 0.530. The van der Waals surface area contributed by atoms with Gasteiger partial charge in [0.15, 0.2) is 0 Å². The van der Waals surface area contributed by atoms with Crippen LogP contribution in [0.1, 0.15) is 13.3 Å². The molecule has 0 unspecified atom stereocenters. The first-order valence-electron chi connectivity index (χ1n) is 1.21. The van der Waals surface area contributed by atoms with Crippen LogP contribution in [0.2, 0.25) is 0 Å². The van der Waals surface area contributed by atoms with E-state index in [9.17, 15) is 0 Å². The Morgan fingerprint density at radius 3 is 1.75 bits per heavy atom. The second-order valence-corrected chi connectivity index (χ2v) is 0.500. The Labute approximate surface area is 56.8 Å². The van der Waals surface area contributed by atoms with Crippen LogP contribution in [0.15, 0.2) is 0 Å². The van der Waals surface area contributed by atoms with Gasteiger partial charge in [0.2, 0.25) is 0 Å². The maximum Gasteiger partial charge on any atom is 0 e. The Morgan fingerprint density at radius 1 is 1.75 bits per heavy atom. The van der Waals surface area contributed by atoms with Gasteiger partial charge in [-0.15, -0.1) is 0 Å². The number of hydrogen-bond donors (Lipinski definition) is 0. The van der Waals surface area contributed by atoms with E-state index in [0.717, 1.165) is 6.42 Å². The SMILES string of the molecule is [CH2-]CC.[Tm]. The van der Waals surface area contributed by atoms with Gasteiger partial charge < -0.3 is 6.92 Å². The maximum atomic E-state index is 3.49. The first-order chi connectivity index (χ1) is 1.41. The smallest absolute Gasteiger partial charge is 0 e. The molecule has 0 rings (SSSR count). The van der Waals surface area contributed by atoms with Gasteiger partial charge in [-0.05, 0) is 0 Å². The second-order valence-electron chi connectivity index (χ2n) is 0.500. The molecule has 0 spiro atoms. The van der Waals surface area contributed by atoms with E-state index in [-0.39, 0.29) is 36.9 Å². The van der Waals surface area contributed by atoms with E-state index in [2.05, 4.69) is 6.92 Å². The van der Waals surface area contributed by atoms with E-state index in [0.29, 0.717) is 0 Å². The predicted octanol–water partition coefficient (Wildman–Crippen LogP) is 1.23. The Morgan fingerprint density at radius 2 is 1.75 bits per heavy atom. The van der Waals surface area contributed by atoms with E-state index in [4.69, 9.17) is 0 Å². The molecule has 0 nitrogen and oxygen atoms in total. The van der Waals surface area contributed by atoms with E-state index >= 15 is 0 Å². The van der Waals surface area contributed by atoms with Crippen molar-refractivity contribution >= 4 is 0 Å². The number of hydrogen-bond acceptors (Lipinski definition) is 0. The molecule has 0 aromatic rings. The maximum absolute atomic E-state index is 3.49. The zero-order chi connectivity index (χ0) is 2.71. The number of rotatable bonds is 0. The minimum absolute atomic E-state index is 0. The summed E-state index contributed by atoms with van der Waals surface area (Å²) in [6.45, 7) is 5.50. The van der Waals surface area contributed by atoms with Crippen molar-refractivity contribution in [2.24, 2.45) is 0 Å². The van der Waals surface area contributed by atoms with E-state index in [1.807, 2.05) is 6.92 Å². The summed E-state index contributed by atoms with van der Waals surface area (Å²) in [5, 5.41) is 0. The molecule has 0 aliphatic heterocycles. The Balaban J connectivity index is 0. The summed E-state index contributed by atoms with van der Waals surface area (Å²) < 4.78 is 0. The Hall–Kier alpha value is 1.23. The van der Waals surface area contributed by atoms with Gasteiger partial charge in [-0.1, -0.05) is 6.92 Å². The fourth-order valence-corrected chi connectivity index (χ4v) is 0. The summed E-state index contributed by atoms with van der Waals surface area (Å²) in [6, 6.07) is 0. The third-order valence-electron chi connectivity index (χ3n) is 0. The van der Waals surface area contributed by atoms with E-state index < -0.39 is 0 Å². The first kappa shape index (κ1) is 8.97. The van der Waals surface area contributed by atoms with Gasteiger partial charge in [0, 0.05) is 36.9 Å². The molecule has 0 bridgehead atoms. The van der Waals surface area contributed by atoms with Crippen molar-refractivity contribution in [2.45, 2.75) is 13.3 Å². The van der Waals surface area contributed by atoms with E-state index in [1.54, 1.807) is 0 Å². The second kappa shape index (κ2) is 8.87. The fourth-order valence-electron chi connectivity index (χ4n) is 0. The summed E-state index contributed by atoms with van der Waals surface area (Å²) in [5.74, 6) is 0. The topological polar surface area (TPSA) is 0 Å². The van der Waals surface area contributed by atoms with Crippen LogP contribution in [0.4, 0.5) is 0 Å². The summed E-state index contributed by atoms with van der Waals surface area (Å²) in [6.07, 6.45) is 1.00. The van der Waals surface area contributed by atoms with Crippen molar-refractivity contribution in [1.82, 2.24) is 0 Å². The molecule has 0 heterocycles. The molecule has 4 heavy (non-hydrogen) atoms. The van der Waals surface area contributed by atoms with E-state index in [1.165, 1.54) is 0 Å². The molecule has 1 radical (unpaired) electrons. The van der Waals surface area contributed by atoms with Crippen molar-refractivity contribution in [3.05, 3.63) is 6.92 Å². The van der Waals surface area contributed by atoms with Gasteiger partial charge >= 0.3 is 0 Å². The van der Waals surface area contributed by atoms with Crippen LogP contribution < -0.4 is 0 Å². The van der Waals surface area contributed by atoms with Crippen LogP contribution in [0.5, 0.6) is 0 Å². The van der Waals surface area contributed by atoms with Crippen molar-refractivity contribution in [2.75, 3.05) is 0 Å². The molecule has 0 aromatic carbocycles. The predicted molar refractivity (Wildman–Crippen MR) is 15.6 cm³/mol. The van der Waals surface area contributed by atoms with Crippen molar-refractivity contribution in [1.29, 1.82) is 0 Å². The third-order valence-corrected chi connectivity index (χ3v) is 0. The van der Waals surface area contributed by atoms with Crippen molar-refractivity contribution < 1.29 is 36.9 Å². The molecule has 33 valence electrons. The molecule has 0 aromatic heterocycles. The largest absolute Gasteiger partial charge is 0.344 e. The standard InChI is InChI=1S/C3H7.Tm/c1-3-2;/h1,3H2,2H3;/q-1;. The summed E-state index contributed by atoms with van der Waals surface area (Å²) >= 11 is 0.